The third-order valence-corrected chi connectivity index (χ3v) is 6.82. The van der Waals surface area contributed by atoms with Crippen molar-refractivity contribution in [1.82, 2.24) is 9.80 Å². The second-order valence-electron chi connectivity index (χ2n) is 6.26. The van der Waals surface area contributed by atoms with E-state index < -0.39 is 11.8 Å². The lowest BCUT2D eigenvalue weighted by atomic mass is 10.1. The Morgan fingerprint density at radius 3 is 2.17 bits per heavy atom. The van der Waals surface area contributed by atoms with Crippen LogP contribution in [0.4, 0.5) is 0 Å². The molecule has 0 radical (unpaired) electrons. The van der Waals surface area contributed by atoms with Gasteiger partial charge < -0.3 is 4.74 Å². The lowest BCUT2D eigenvalue weighted by Crippen LogP contribution is -2.52. The number of halogens is 3. The summed E-state index contributed by atoms with van der Waals surface area (Å²) in [5, 5.41) is 0.837. The van der Waals surface area contributed by atoms with Crippen LogP contribution < -0.4 is 4.74 Å². The summed E-state index contributed by atoms with van der Waals surface area (Å²) in [4.78, 5) is 27.6. The zero-order chi connectivity index (χ0) is 21.3. The minimum absolute atomic E-state index is 0.0694. The molecule has 0 aromatic heterocycles. The number of hydrogen-bond donors (Lipinski definition) is 0. The van der Waals surface area contributed by atoms with Gasteiger partial charge in [-0.25, -0.2) is 0 Å². The first kappa shape index (κ1) is 22.4. The molecule has 29 heavy (non-hydrogen) atoms. The number of carbonyl (C=O) groups is 2. The van der Waals surface area contributed by atoms with Crippen LogP contribution in [-0.2, 0) is 16.2 Å². The number of carbonyl (C=O) groups excluding carboxylic acids is 2. The average molecular weight is 653 g/mol. The molecule has 0 N–H and O–H groups in total. The molecule has 0 saturated carbocycles. The molecular weight excluding hydrogens is 638 g/mol. The van der Waals surface area contributed by atoms with Gasteiger partial charge in [0.15, 0.2) is 5.11 Å². The minimum Gasteiger partial charge on any atom is -0.487 e. The Bertz CT molecular complexity index is 1010. The summed E-state index contributed by atoms with van der Waals surface area (Å²) in [6, 6.07) is 11.3. The van der Waals surface area contributed by atoms with Crippen molar-refractivity contribution in [3.05, 3.63) is 65.3 Å². The van der Waals surface area contributed by atoms with Gasteiger partial charge in [0, 0.05) is 24.7 Å². The summed E-state index contributed by atoms with van der Waals surface area (Å²) in [5.74, 6) is -0.102. The highest BCUT2D eigenvalue weighted by atomic mass is 127. The fourth-order valence-corrected chi connectivity index (χ4v) is 5.19. The number of rotatable bonds is 4. The van der Waals surface area contributed by atoms with Crippen molar-refractivity contribution in [3.63, 3.8) is 0 Å². The second-order valence-corrected chi connectivity index (χ2v) is 9.36. The van der Waals surface area contributed by atoms with Crippen LogP contribution in [0.15, 0.2) is 42.0 Å². The lowest BCUT2D eigenvalue weighted by Gasteiger charge is -2.31. The summed E-state index contributed by atoms with van der Waals surface area (Å²) in [5.41, 5.74) is 1.70. The van der Waals surface area contributed by atoms with Gasteiger partial charge in [-0.1, -0.05) is 29.8 Å². The average Bonchev–Trinajstić information content (AvgIpc) is 2.69. The predicted octanol–water partition coefficient (Wildman–Crippen LogP) is 4.73. The number of ether oxygens (including phenoxy) is 1. The van der Waals surface area contributed by atoms with Crippen LogP contribution in [0, 0.1) is 7.14 Å². The van der Waals surface area contributed by atoms with Crippen molar-refractivity contribution in [2.24, 2.45) is 0 Å². The van der Waals surface area contributed by atoms with Crippen LogP contribution in [0.5, 0.6) is 5.75 Å². The maximum atomic E-state index is 12.5. The van der Waals surface area contributed by atoms with Crippen LogP contribution in [0.3, 0.4) is 0 Å². The van der Waals surface area contributed by atoms with Gasteiger partial charge in [0.05, 0.1) is 7.14 Å². The molecule has 2 amide bonds. The smallest absolute Gasteiger partial charge is 0.265 e. The fraction of sp³-hybridized carbons (Fsp3) is 0.150. The molecule has 1 saturated heterocycles. The van der Waals surface area contributed by atoms with E-state index in [1.165, 1.54) is 9.80 Å². The Morgan fingerprint density at radius 1 is 1.07 bits per heavy atom. The van der Waals surface area contributed by atoms with Gasteiger partial charge in [-0.05, 0) is 87.2 Å². The normalized spacial score (nSPS) is 14.5. The van der Waals surface area contributed by atoms with Crippen molar-refractivity contribution in [2.45, 2.75) is 6.61 Å². The molecule has 150 valence electrons. The number of nitrogens with zero attached hydrogens (tertiary/aromatic N) is 2. The van der Waals surface area contributed by atoms with Crippen LogP contribution in [0.2, 0.25) is 5.02 Å². The molecule has 0 atom stereocenters. The van der Waals surface area contributed by atoms with Gasteiger partial charge in [-0.15, -0.1) is 0 Å². The quantitative estimate of drug-likeness (QED) is 0.208. The third kappa shape index (κ3) is 4.75. The van der Waals surface area contributed by atoms with E-state index in [1.807, 2.05) is 36.4 Å². The topological polar surface area (TPSA) is 49.9 Å². The first-order valence-corrected chi connectivity index (χ1v) is 11.3. The zero-order valence-corrected chi connectivity index (χ0v) is 21.3. The van der Waals surface area contributed by atoms with Crippen LogP contribution >= 0.6 is 69.0 Å². The van der Waals surface area contributed by atoms with E-state index in [0.29, 0.717) is 11.6 Å². The van der Waals surface area contributed by atoms with Gasteiger partial charge in [-0.3, -0.25) is 19.4 Å². The summed E-state index contributed by atoms with van der Waals surface area (Å²) in [7, 11) is 3.11. The van der Waals surface area contributed by atoms with Gasteiger partial charge in [-0.2, -0.15) is 0 Å². The Hall–Kier alpha value is -1.24. The number of likely N-dealkylation sites (N-methyl/N-ethyl adjacent to an activating group) is 2. The van der Waals surface area contributed by atoms with E-state index in [0.717, 1.165) is 24.0 Å². The largest absolute Gasteiger partial charge is 0.487 e. The molecule has 0 aliphatic carbocycles. The molecule has 0 spiro atoms. The van der Waals surface area contributed by atoms with Crippen molar-refractivity contribution < 1.29 is 14.3 Å². The summed E-state index contributed by atoms with van der Waals surface area (Å²) in [6.07, 6.45) is 1.58. The molecule has 5 nitrogen and oxygen atoms in total. The molecule has 0 bridgehead atoms. The Morgan fingerprint density at radius 2 is 1.62 bits per heavy atom. The molecule has 1 fully saturated rings. The molecule has 2 aromatic rings. The molecule has 3 rings (SSSR count). The van der Waals surface area contributed by atoms with E-state index in [9.17, 15) is 9.59 Å². The highest BCUT2D eigenvalue weighted by Gasteiger charge is 2.35. The molecule has 1 heterocycles. The number of benzene rings is 2. The van der Waals surface area contributed by atoms with E-state index in [2.05, 4.69) is 45.2 Å². The van der Waals surface area contributed by atoms with Crippen LogP contribution in [-0.4, -0.2) is 40.8 Å². The Balaban J connectivity index is 1.88. The first-order chi connectivity index (χ1) is 13.7. The number of amides is 2. The van der Waals surface area contributed by atoms with Gasteiger partial charge in [0.25, 0.3) is 11.8 Å². The predicted molar refractivity (Wildman–Crippen MR) is 134 cm³/mol. The van der Waals surface area contributed by atoms with Crippen molar-refractivity contribution in [3.8, 4) is 5.75 Å². The molecule has 1 aliphatic rings. The van der Waals surface area contributed by atoms with Crippen molar-refractivity contribution in [1.29, 1.82) is 0 Å². The fourth-order valence-electron chi connectivity index (χ4n) is 2.71. The SMILES string of the molecule is CN1C(=O)C(=Cc2cc(I)c(OCc3ccccc3Cl)c(I)c2)C(=O)N(C)C1=S. The summed E-state index contributed by atoms with van der Waals surface area (Å²) >= 11 is 15.7. The second kappa shape index (κ2) is 9.27. The van der Waals surface area contributed by atoms with E-state index in [-0.39, 0.29) is 10.7 Å². The highest BCUT2D eigenvalue weighted by molar-refractivity contribution is 14.1. The Kier molecular flexibility index (Phi) is 7.18. The maximum absolute atomic E-state index is 12.5. The first-order valence-electron chi connectivity index (χ1n) is 8.37. The number of thiocarbonyl (C=S) groups is 1. The van der Waals surface area contributed by atoms with E-state index in [4.69, 9.17) is 28.6 Å². The van der Waals surface area contributed by atoms with Gasteiger partial charge in [0.2, 0.25) is 0 Å². The molecule has 9 heteroatoms. The van der Waals surface area contributed by atoms with Crippen molar-refractivity contribution in [2.75, 3.05) is 14.1 Å². The minimum atomic E-state index is -0.415. The monoisotopic (exact) mass is 652 g/mol. The van der Waals surface area contributed by atoms with Crippen LogP contribution in [0.25, 0.3) is 6.08 Å². The third-order valence-electron chi connectivity index (χ3n) is 4.31. The molecule has 1 aliphatic heterocycles. The van der Waals surface area contributed by atoms with Gasteiger partial charge in [0.1, 0.15) is 17.9 Å². The van der Waals surface area contributed by atoms with Gasteiger partial charge >= 0.3 is 0 Å². The Labute approximate surface area is 206 Å². The zero-order valence-electron chi connectivity index (χ0n) is 15.4. The van der Waals surface area contributed by atoms with E-state index in [1.54, 1.807) is 20.2 Å². The maximum Gasteiger partial charge on any atom is 0.265 e. The van der Waals surface area contributed by atoms with Crippen LogP contribution in [0.1, 0.15) is 11.1 Å². The summed E-state index contributed by atoms with van der Waals surface area (Å²) in [6.45, 7) is 0.343. The van der Waals surface area contributed by atoms with Crippen molar-refractivity contribution >= 4 is 92.0 Å². The lowest BCUT2D eigenvalue weighted by molar-refractivity contribution is -0.132. The molecule has 2 aromatic carbocycles. The number of hydrogen-bond acceptors (Lipinski definition) is 4. The highest BCUT2D eigenvalue weighted by Crippen LogP contribution is 2.31. The summed E-state index contributed by atoms with van der Waals surface area (Å²) < 4.78 is 7.71. The molecular formula is C20H15ClI2N2O3S. The standard InChI is InChI=1S/C20H15ClI2N2O3S/c1-24-18(26)13(19(27)25(2)20(24)29)7-11-8-15(22)17(16(23)9-11)28-10-12-5-3-4-6-14(12)21/h3-9H,10H2,1-2H3. The van der Waals surface area contributed by atoms with E-state index >= 15 is 0 Å². The molecule has 0 unspecified atom stereocenters.